The van der Waals surface area contributed by atoms with Crippen molar-refractivity contribution < 1.29 is 0 Å². The lowest BCUT2D eigenvalue weighted by Gasteiger charge is -2.25. The van der Waals surface area contributed by atoms with Crippen LogP contribution in [0, 0.1) is 17.8 Å². The first-order valence-corrected chi connectivity index (χ1v) is 7.09. The largest absolute Gasteiger partial charge is 0.330 e. The van der Waals surface area contributed by atoms with E-state index in [1.54, 1.807) is 0 Å². The van der Waals surface area contributed by atoms with Gasteiger partial charge in [-0.2, -0.15) is 0 Å². The van der Waals surface area contributed by atoms with Crippen molar-refractivity contribution in [3.63, 3.8) is 0 Å². The molecule has 1 saturated heterocycles. The molecule has 0 radical (unpaired) electrons. The molecule has 0 aromatic rings. The second-order valence-corrected chi connectivity index (χ2v) is 5.75. The summed E-state index contributed by atoms with van der Waals surface area (Å²) in [5.74, 6) is 2.51. The summed E-state index contributed by atoms with van der Waals surface area (Å²) in [5, 5.41) is 0. The van der Waals surface area contributed by atoms with Crippen molar-refractivity contribution in [1.82, 2.24) is 4.90 Å². The number of nitrogens with zero attached hydrogens (tertiary/aromatic N) is 1. The predicted octanol–water partition coefficient (Wildman–Crippen LogP) is 2.73. The van der Waals surface area contributed by atoms with Gasteiger partial charge >= 0.3 is 0 Å². The summed E-state index contributed by atoms with van der Waals surface area (Å²) in [6, 6.07) is 0. The SMILES string of the molecule is CCC(CN)CN1CCCC(C(C)C)CC1. The van der Waals surface area contributed by atoms with Crippen LogP contribution < -0.4 is 5.73 Å². The van der Waals surface area contributed by atoms with Crippen LogP contribution in [-0.2, 0) is 0 Å². The summed E-state index contributed by atoms with van der Waals surface area (Å²) in [7, 11) is 0. The van der Waals surface area contributed by atoms with Crippen molar-refractivity contribution >= 4 is 0 Å². The van der Waals surface area contributed by atoms with E-state index >= 15 is 0 Å². The van der Waals surface area contributed by atoms with Gasteiger partial charge in [0, 0.05) is 6.54 Å². The zero-order chi connectivity index (χ0) is 12.0. The monoisotopic (exact) mass is 226 g/mol. The molecule has 2 heteroatoms. The molecular formula is C14H30N2. The van der Waals surface area contributed by atoms with Crippen LogP contribution in [0.1, 0.15) is 46.5 Å². The highest BCUT2D eigenvalue weighted by atomic mass is 15.1. The van der Waals surface area contributed by atoms with Crippen molar-refractivity contribution in [2.45, 2.75) is 46.5 Å². The second-order valence-electron chi connectivity index (χ2n) is 5.75. The summed E-state index contributed by atoms with van der Waals surface area (Å²) >= 11 is 0. The molecular weight excluding hydrogens is 196 g/mol. The van der Waals surface area contributed by atoms with Gasteiger partial charge in [-0.25, -0.2) is 0 Å². The molecule has 0 aromatic heterocycles. The molecule has 0 saturated carbocycles. The van der Waals surface area contributed by atoms with E-state index in [2.05, 4.69) is 25.7 Å². The van der Waals surface area contributed by atoms with Crippen LogP contribution in [0.5, 0.6) is 0 Å². The van der Waals surface area contributed by atoms with Gasteiger partial charge in [0.25, 0.3) is 0 Å². The Balaban J connectivity index is 2.35. The highest BCUT2D eigenvalue weighted by Crippen LogP contribution is 2.24. The van der Waals surface area contributed by atoms with Crippen LogP contribution >= 0.6 is 0 Å². The molecule has 1 rings (SSSR count). The lowest BCUT2D eigenvalue weighted by atomic mass is 9.89. The zero-order valence-electron chi connectivity index (χ0n) is 11.4. The Morgan fingerprint density at radius 1 is 1.25 bits per heavy atom. The van der Waals surface area contributed by atoms with Crippen LogP contribution in [0.4, 0.5) is 0 Å². The molecule has 1 aliphatic rings. The number of hydrogen-bond acceptors (Lipinski definition) is 2. The Morgan fingerprint density at radius 2 is 2.00 bits per heavy atom. The predicted molar refractivity (Wildman–Crippen MR) is 71.5 cm³/mol. The average Bonchev–Trinajstić information content (AvgIpc) is 2.51. The van der Waals surface area contributed by atoms with E-state index < -0.39 is 0 Å². The van der Waals surface area contributed by atoms with Gasteiger partial charge in [0.15, 0.2) is 0 Å². The molecule has 0 aliphatic carbocycles. The highest BCUT2D eigenvalue weighted by Gasteiger charge is 2.20. The van der Waals surface area contributed by atoms with Crippen LogP contribution in [0.2, 0.25) is 0 Å². The third-order valence-electron chi connectivity index (χ3n) is 4.24. The first-order valence-electron chi connectivity index (χ1n) is 7.09. The fraction of sp³-hybridized carbons (Fsp3) is 1.00. The topological polar surface area (TPSA) is 29.3 Å². The van der Waals surface area contributed by atoms with Gasteiger partial charge in [-0.05, 0) is 56.7 Å². The Hall–Kier alpha value is -0.0800. The standard InChI is InChI=1S/C14H30N2/c1-4-13(10-15)11-16-8-5-6-14(7-9-16)12(2)3/h12-14H,4-11,15H2,1-3H3. The highest BCUT2D eigenvalue weighted by molar-refractivity contribution is 4.74. The molecule has 1 fully saturated rings. The third kappa shape index (κ3) is 4.42. The number of rotatable bonds is 5. The van der Waals surface area contributed by atoms with Crippen molar-refractivity contribution in [3.8, 4) is 0 Å². The van der Waals surface area contributed by atoms with Crippen molar-refractivity contribution in [3.05, 3.63) is 0 Å². The molecule has 0 bridgehead atoms. The first kappa shape index (κ1) is 14.0. The van der Waals surface area contributed by atoms with E-state index in [0.717, 1.165) is 18.4 Å². The summed E-state index contributed by atoms with van der Waals surface area (Å²) in [5.41, 5.74) is 5.79. The summed E-state index contributed by atoms with van der Waals surface area (Å²) in [6.07, 6.45) is 5.41. The molecule has 0 amide bonds. The molecule has 0 aromatic carbocycles. The molecule has 2 N–H and O–H groups in total. The van der Waals surface area contributed by atoms with E-state index in [-0.39, 0.29) is 0 Å². The Labute approximate surface area is 102 Å². The second kappa shape index (κ2) is 7.29. The lowest BCUT2D eigenvalue weighted by molar-refractivity contribution is 0.231. The Kier molecular flexibility index (Phi) is 6.37. The average molecular weight is 226 g/mol. The Bertz CT molecular complexity index is 176. The molecule has 2 atom stereocenters. The van der Waals surface area contributed by atoms with E-state index in [9.17, 15) is 0 Å². The third-order valence-corrected chi connectivity index (χ3v) is 4.24. The minimum absolute atomic E-state index is 0.704. The van der Waals surface area contributed by atoms with Gasteiger partial charge in [0.05, 0.1) is 0 Å². The van der Waals surface area contributed by atoms with Crippen molar-refractivity contribution in [1.29, 1.82) is 0 Å². The van der Waals surface area contributed by atoms with Crippen molar-refractivity contribution in [2.75, 3.05) is 26.2 Å². The maximum atomic E-state index is 5.79. The van der Waals surface area contributed by atoms with Gasteiger partial charge < -0.3 is 10.6 Å². The molecule has 0 spiro atoms. The molecule has 2 nitrogen and oxygen atoms in total. The van der Waals surface area contributed by atoms with E-state index in [4.69, 9.17) is 5.73 Å². The van der Waals surface area contributed by atoms with E-state index in [1.807, 2.05) is 0 Å². The maximum absolute atomic E-state index is 5.79. The van der Waals surface area contributed by atoms with E-state index in [1.165, 1.54) is 45.3 Å². The quantitative estimate of drug-likeness (QED) is 0.781. The molecule has 96 valence electrons. The van der Waals surface area contributed by atoms with Crippen LogP contribution in [0.3, 0.4) is 0 Å². The van der Waals surface area contributed by atoms with Gasteiger partial charge in [-0.15, -0.1) is 0 Å². The number of nitrogens with two attached hydrogens (primary N) is 1. The number of hydrogen-bond donors (Lipinski definition) is 1. The minimum atomic E-state index is 0.704. The maximum Gasteiger partial charge on any atom is 0.00216 e. The fourth-order valence-electron chi connectivity index (χ4n) is 2.77. The molecule has 1 aliphatic heterocycles. The molecule has 1 heterocycles. The lowest BCUT2D eigenvalue weighted by Crippen LogP contribution is -2.33. The normalized spacial score (nSPS) is 25.7. The minimum Gasteiger partial charge on any atom is -0.330 e. The molecule has 2 unspecified atom stereocenters. The number of likely N-dealkylation sites (tertiary alicyclic amines) is 1. The fourth-order valence-corrected chi connectivity index (χ4v) is 2.77. The van der Waals surface area contributed by atoms with Crippen LogP contribution in [0.15, 0.2) is 0 Å². The van der Waals surface area contributed by atoms with Crippen LogP contribution in [0.25, 0.3) is 0 Å². The van der Waals surface area contributed by atoms with Gasteiger partial charge in [-0.1, -0.05) is 27.2 Å². The summed E-state index contributed by atoms with van der Waals surface area (Å²) in [6.45, 7) is 11.6. The van der Waals surface area contributed by atoms with Gasteiger partial charge in [0.1, 0.15) is 0 Å². The van der Waals surface area contributed by atoms with Gasteiger partial charge in [0.2, 0.25) is 0 Å². The van der Waals surface area contributed by atoms with E-state index in [0.29, 0.717) is 5.92 Å². The van der Waals surface area contributed by atoms with Gasteiger partial charge in [-0.3, -0.25) is 0 Å². The first-order chi connectivity index (χ1) is 7.67. The summed E-state index contributed by atoms with van der Waals surface area (Å²) in [4.78, 5) is 2.64. The Morgan fingerprint density at radius 3 is 2.56 bits per heavy atom. The van der Waals surface area contributed by atoms with Crippen LogP contribution in [-0.4, -0.2) is 31.1 Å². The zero-order valence-corrected chi connectivity index (χ0v) is 11.4. The van der Waals surface area contributed by atoms with Crippen molar-refractivity contribution in [2.24, 2.45) is 23.5 Å². The molecule has 16 heavy (non-hydrogen) atoms. The smallest absolute Gasteiger partial charge is 0.00216 e. The summed E-state index contributed by atoms with van der Waals surface area (Å²) < 4.78 is 0.